The van der Waals surface area contributed by atoms with Gasteiger partial charge in [-0.25, -0.2) is 0 Å². The average molecular weight is 138 g/mol. The molecule has 0 aliphatic rings. The summed E-state index contributed by atoms with van der Waals surface area (Å²) in [5.41, 5.74) is 0. The van der Waals surface area contributed by atoms with Crippen LogP contribution in [0.15, 0.2) is 12.2 Å². The van der Waals surface area contributed by atoms with E-state index in [0.29, 0.717) is 0 Å². The second-order valence-corrected chi connectivity index (χ2v) is 1.98. The first kappa shape index (κ1) is 9.26. The topological polar surface area (TPSA) is 20.2 Å². The highest BCUT2D eigenvalue weighted by atomic mass is 16.2. The summed E-state index contributed by atoms with van der Waals surface area (Å²) in [7, 11) is 0. The van der Waals surface area contributed by atoms with Gasteiger partial charge in [0.15, 0.2) is 0 Å². The van der Waals surface area contributed by atoms with Crippen LogP contribution < -0.4 is 0 Å². The van der Waals surface area contributed by atoms with Crippen molar-refractivity contribution < 1.29 is 5.11 Å². The average Bonchev–Trinajstić information content (AvgIpc) is 1.97. The first-order valence-electron chi connectivity index (χ1n) is 3.63. The summed E-state index contributed by atoms with van der Waals surface area (Å²) >= 11 is 0. The lowest BCUT2D eigenvalue weighted by Crippen LogP contribution is -1.70. The standard InChI is InChI=1S/C9H14O/c1-2-3-4-5-6-7-8-9-10/h4-5,10H,2-3,6,9H2,1H3. The molecule has 10 heavy (non-hydrogen) atoms. The number of aliphatic hydroxyl groups is 1. The monoisotopic (exact) mass is 138 g/mol. The van der Waals surface area contributed by atoms with Crippen LogP contribution in [0.25, 0.3) is 0 Å². The first-order valence-corrected chi connectivity index (χ1v) is 3.63. The van der Waals surface area contributed by atoms with Crippen molar-refractivity contribution in [2.24, 2.45) is 0 Å². The highest BCUT2D eigenvalue weighted by molar-refractivity contribution is 5.04. The molecule has 0 heterocycles. The van der Waals surface area contributed by atoms with E-state index in [-0.39, 0.29) is 6.61 Å². The van der Waals surface area contributed by atoms with Gasteiger partial charge in [0.25, 0.3) is 0 Å². The molecule has 0 aromatic carbocycles. The lowest BCUT2D eigenvalue weighted by molar-refractivity contribution is 0.350. The Morgan fingerprint density at radius 2 is 2.10 bits per heavy atom. The molecule has 0 aromatic heterocycles. The second-order valence-electron chi connectivity index (χ2n) is 1.98. The fourth-order valence-electron chi connectivity index (χ4n) is 0.555. The van der Waals surface area contributed by atoms with Crippen molar-refractivity contribution in [1.29, 1.82) is 0 Å². The van der Waals surface area contributed by atoms with E-state index in [4.69, 9.17) is 5.11 Å². The number of aliphatic hydroxyl groups excluding tert-OH is 1. The van der Waals surface area contributed by atoms with Crippen molar-refractivity contribution in [3.05, 3.63) is 12.2 Å². The Hall–Kier alpha value is -0.740. The largest absolute Gasteiger partial charge is 0.384 e. The number of unbranched alkanes of at least 4 members (excludes halogenated alkanes) is 1. The maximum atomic E-state index is 8.27. The maximum absolute atomic E-state index is 8.27. The van der Waals surface area contributed by atoms with Gasteiger partial charge in [-0.2, -0.15) is 0 Å². The molecular weight excluding hydrogens is 124 g/mol. The Morgan fingerprint density at radius 1 is 1.30 bits per heavy atom. The summed E-state index contributed by atoms with van der Waals surface area (Å²) in [4.78, 5) is 0. The minimum atomic E-state index is -0.0262. The van der Waals surface area contributed by atoms with Crippen LogP contribution >= 0.6 is 0 Å². The van der Waals surface area contributed by atoms with Gasteiger partial charge in [0.05, 0.1) is 0 Å². The van der Waals surface area contributed by atoms with Crippen LogP contribution in [-0.4, -0.2) is 11.7 Å². The van der Waals surface area contributed by atoms with Crippen LogP contribution in [0, 0.1) is 11.8 Å². The zero-order chi connectivity index (χ0) is 7.66. The highest BCUT2D eigenvalue weighted by Gasteiger charge is 1.71. The van der Waals surface area contributed by atoms with Gasteiger partial charge in [0.2, 0.25) is 0 Å². The van der Waals surface area contributed by atoms with Crippen molar-refractivity contribution in [2.75, 3.05) is 6.61 Å². The highest BCUT2D eigenvalue weighted by Crippen LogP contribution is 1.89. The Labute approximate surface area is 62.8 Å². The third-order valence-corrected chi connectivity index (χ3v) is 1.05. The SMILES string of the molecule is CCCC=CCC#CCO. The zero-order valence-corrected chi connectivity index (χ0v) is 6.43. The molecule has 0 saturated heterocycles. The van der Waals surface area contributed by atoms with Crippen LogP contribution in [0.1, 0.15) is 26.2 Å². The summed E-state index contributed by atoms with van der Waals surface area (Å²) in [6.07, 6.45) is 7.23. The molecule has 1 nitrogen and oxygen atoms in total. The molecule has 0 bridgehead atoms. The number of hydrogen-bond acceptors (Lipinski definition) is 1. The van der Waals surface area contributed by atoms with E-state index in [1.165, 1.54) is 6.42 Å². The van der Waals surface area contributed by atoms with E-state index < -0.39 is 0 Å². The fourth-order valence-corrected chi connectivity index (χ4v) is 0.555. The van der Waals surface area contributed by atoms with Gasteiger partial charge in [-0.05, 0) is 6.42 Å². The van der Waals surface area contributed by atoms with Crippen molar-refractivity contribution >= 4 is 0 Å². The van der Waals surface area contributed by atoms with E-state index in [1.807, 2.05) is 6.08 Å². The van der Waals surface area contributed by atoms with E-state index in [9.17, 15) is 0 Å². The first-order chi connectivity index (χ1) is 4.91. The van der Waals surface area contributed by atoms with Crippen LogP contribution in [0.5, 0.6) is 0 Å². The number of hydrogen-bond donors (Lipinski definition) is 1. The van der Waals surface area contributed by atoms with Crippen LogP contribution in [-0.2, 0) is 0 Å². The smallest absolute Gasteiger partial charge is 0.104 e. The van der Waals surface area contributed by atoms with Crippen LogP contribution in [0.3, 0.4) is 0 Å². The van der Waals surface area contributed by atoms with E-state index >= 15 is 0 Å². The van der Waals surface area contributed by atoms with Gasteiger partial charge in [0, 0.05) is 6.42 Å². The fraction of sp³-hybridized carbons (Fsp3) is 0.556. The molecule has 56 valence electrons. The van der Waals surface area contributed by atoms with Crippen molar-refractivity contribution in [1.82, 2.24) is 0 Å². The molecule has 0 aliphatic heterocycles. The van der Waals surface area contributed by atoms with Gasteiger partial charge in [-0.3, -0.25) is 0 Å². The van der Waals surface area contributed by atoms with E-state index in [0.717, 1.165) is 12.8 Å². The predicted octanol–water partition coefficient (Wildman–Crippen LogP) is 1.73. The molecule has 0 rings (SSSR count). The Balaban J connectivity index is 3.17. The quantitative estimate of drug-likeness (QED) is 0.465. The Bertz CT molecular complexity index is 137. The van der Waals surface area contributed by atoms with Gasteiger partial charge < -0.3 is 5.11 Å². The van der Waals surface area contributed by atoms with Gasteiger partial charge in [-0.15, -0.1) is 0 Å². The number of rotatable bonds is 3. The zero-order valence-electron chi connectivity index (χ0n) is 6.43. The normalized spacial score (nSPS) is 9.40. The van der Waals surface area contributed by atoms with Gasteiger partial charge in [-0.1, -0.05) is 37.3 Å². The summed E-state index contributed by atoms with van der Waals surface area (Å²) in [5, 5.41) is 8.27. The van der Waals surface area contributed by atoms with Crippen molar-refractivity contribution in [3.8, 4) is 11.8 Å². The minimum absolute atomic E-state index is 0.0262. The molecule has 0 atom stereocenters. The molecular formula is C9H14O. The van der Waals surface area contributed by atoms with Crippen molar-refractivity contribution in [2.45, 2.75) is 26.2 Å². The maximum Gasteiger partial charge on any atom is 0.104 e. The summed E-state index contributed by atoms with van der Waals surface area (Å²) in [6, 6.07) is 0. The molecule has 0 saturated carbocycles. The summed E-state index contributed by atoms with van der Waals surface area (Å²) in [5.74, 6) is 5.39. The minimum Gasteiger partial charge on any atom is -0.384 e. The Morgan fingerprint density at radius 3 is 2.70 bits per heavy atom. The molecule has 0 radical (unpaired) electrons. The van der Waals surface area contributed by atoms with E-state index in [1.54, 1.807) is 0 Å². The lowest BCUT2D eigenvalue weighted by atomic mass is 10.3. The third kappa shape index (κ3) is 7.26. The van der Waals surface area contributed by atoms with Crippen molar-refractivity contribution in [3.63, 3.8) is 0 Å². The van der Waals surface area contributed by atoms with E-state index in [2.05, 4.69) is 24.8 Å². The van der Waals surface area contributed by atoms with Gasteiger partial charge in [0.1, 0.15) is 6.61 Å². The Kier molecular flexibility index (Phi) is 7.65. The molecule has 0 spiro atoms. The number of allylic oxidation sites excluding steroid dienone is 2. The molecule has 1 heteroatoms. The predicted molar refractivity (Wildman–Crippen MR) is 43.5 cm³/mol. The van der Waals surface area contributed by atoms with Crippen LogP contribution in [0.4, 0.5) is 0 Å². The molecule has 0 fully saturated rings. The molecule has 0 unspecified atom stereocenters. The van der Waals surface area contributed by atoms with Crippen LogP contribution in [0.2, 0.25) is 0 Å². The van der Waals surface area contributed by atoms with Gasteiger partial charge >= 0.3 is 0 Å². The third-order valence-electron chi connectivity index (χ3n) is 1.05. The molecule has 0 aliphatic carbocycles. The lowest BCUT2D eigenvalue weighted by Gasteiger charge is -1.80. The molecule has 0 aromatic rings. The second kappa shape index (κ2) is 8.26. The molecule has 0 amide bonds. The summed E-state index contributed by atoms with van der Waals surface area (Å²) in [6.45, 7) is 2.12. The molecule has 1 N–H and O–H groups in total. The summed E-state index contributed by atoms with van der Waals surface area (Å²) < 4.78 is 0.